The van der Waals surface area contributed by atoms with Crippen LogP contribution in [-0.4, -0.2) is 42.7 Å². The molecular formula is C10H24N4O4S. The fourth-order valence-electron chi connectivity index (χ4n) is 1.05. The number of hydrogen-bond donors (Lipinski definition) is 3. The third-order valence-electron chi connectivity index (χ3n) is 1.70. The van der Waals surface area contributed by atoms with Crippen LogP contribution in [0.1, 0.15) is 35.5 Å². The van der Waals surface area contributed by atoms with Gasteiger partial charge >= 0.3 is 0 Å². The van der Waals surface area contributed by atoms with E-state index in [0.29, 0.717) is 0 Å². The minimum absolute atomic E-state index is 0. The number of nitrogens with one attached hydrogen (secondary N) is 3. The van der Waals surface area contributed by atoms with E-state index in [1.807, 2.05) is 13.8 Å². The van der Waals surface area contributed by atoms with Gasteiger partial charge in [0.2, 0.25) is 15.9 Å². The van der Waals surface area contributed by atoms with Crippen LogP contribution in [0.2, 0.25) is 0 Å². The summed E-state index contributed by atoms with van der Waals surface area (Å²) in [6, 6.07) is 1.46. The summed E-state index contributed by atoms with van der Waals surface area (Å²) in [5, 5.41) is 8.39. The predicted octanol–water partition coefficient (Wildman–Crippen LogP) is 0.370. The number of carbonyl (C=O) groups is 2. The van der Waals surface area contributed by atoms with Gasteiger partial charge in [-0.2, -0.15) is 5.10 Å². The summed E-state index contributed by atoms with van der Waals surface area (Å²) in [5.74, 6) is -1.49. The lowest BCUT2D eigenvalue weighted by Gasteiger charge is -2.05. The monoisotopic (exact) mass is 296 g/mol. The molecule has 0 spiro atoms. The van der Waals surface area contributed by atoms with Gasteiger partial charge in [-0.3, -0.25) is 19.4 Å². The summed E-state index contributed by atoms with van der Waals surface area (Å²) in [4.78, 5) is 21.9. The molecule has 8 nitrogen and oxygen atoms in total. The Kier molecular flexibility index (Phi) is 7.42. The first kappa shape index (κ1) is 17.1. The molecule has 2 amide bonds. The molecule has 19 heavy (non-hydrogen) atoms. The molecule has 3 N–H and O–H groups in total. The van der Waals surface area contributed by atoms with E-state index < -0.39 is 21.8 Å². The van der Waals surface area contributed by atoms with Crippen molar-refractivity contribution in [2.45, 2.75) is 20.8 Å². The number of nitrogens with zero attached hydrogens (tertiary/aromatic N) is 1. The van der Waals surface area contributed by atoms with Crippen LogP contribution < -0.4 is 10.0 Å². The lowest BCUT2D eigenvalue weighted by atomic mass is 10.4. The van der Waals surface area contributed by atoms with E-state index >= 15 is 0 Å². The molecule has 1 heterocycles. The SMILES string of the molecule is CC.CC(=O)NS(=O)(=O)CCNC(=O)c1ccn[nH]1.[HH].[HH].[HH]. The summed E-state index contributed by atoms with van der Waals surface area (Å²) in [7, 11) is -3.69. The average molecular weight is 296 g/mol. The van der Waals surface area contributed by atoms with E-state index in [1.165, 1.54) is 12.3 Å². The van der Waals surface area contributed by atoms with Gasteiger partial charge in [-0.25, -0.2) is 8.42 Å². The summed E-state index contributed by atoms with van der Waals surface area (Å²) in [5.41, 5.74) is 0.238. The number of aromatic amines is 1. The Bertz CT molecular complexity index is 508. The number of carbonyl (C=O) groups excluding carboxylic acids is 2. The molecule has 114 valence electrons. The Morgan fingerprint density at radius 1 is 1.42 bits per heavy atom. The molecule has 0 aliphatic carbocycles. The molecule has 0 radical (unpaired) electrons. The van der Waals surface area contributed by atoms with Gasteiger partial charge in [-0.1, -0.05) is 13.8 Å². The molecule has 0 aliphatic heterocycles. The highest BCUT2D eigenvalue weighted by Crippen LogP contribution is 1.90. The van der Waals surface area contributed by atoms with Crippen molar-refractivity contribution in [2.24, 2.45) is 0 Å². The Morgan fingerprint density at radius 3 is 2.53 bits per heavy atom. The van der Waals surface area contributed by atoms with Crippen LogP contribution >= 0.6 is 0 Å². The minimum atomic E-state index is -3.69. The van der Waals surface area contributed by atoms with Gasteiger partial charge in [0.25, 0.3) is 5.91 Å². The van der Waals surface area contributed by atoms with Crippen LogP contribution in [-0.2, 0) is 14.8 Å². The van der Waals surface area contributed by atoms with Crippen LogP contribution in [0.25, 0.3) is 0 Å². The zero-order chi connectivity index (χ0) is 14.9. The minimum Gasteiger partial charge on any atom is -0.350 e. The lowest BCUT2D eigenvalue weighted by molar-refractivity contribution is -0.117. The predicted molar refractivity (Wildman–Crippen MR) is 76.2 cm³/mol. The fraction of sp³-hybridized carbons (Fsp3) is 0.500. The van der Waals surface area contributed by atoms with Crippen molar-refractivity contribution in [3.8, 4) is 0 Å². The van der Waals surface area contributed by atoms with E-state index in [0.717, 1.165) is 6.92 Å². The van der Waals surface area contributed by atoms with E-state index in [9.17, 15) is 18.0 Å². The molecule has 9 heteroatoms. The van der Waals surface area contributed by atoms with Crippen LogP contribution in [0.15, 0.2) is 12.3 Å². The van der Waals surface area contributed by atoms with Gasteiger partial charge in [0.05, 0.1) is 5.75 Å². The molecule has 0 unspecified atom stereocenters. The lowest BCUT2D eigenvalue weighted by Crippen LogP contribution is -2.36. The molecule has 0 saturated carbocycles. The molecule has 0 bridgehead atoms. The van der Waals surface area contributed by atoms with Crippen molar-refractivity contribution in [3.63, 3.8) is 0 Å². The fourth-order valence-corrected chi connectivity index (χ4v) is 1.96. The molecule has 1 rings (SSSR count). The molecule has 0 aliphatic rings. The first-order valence-electron chi connectivity index (χ1n) is 5.69. The molecular weight excluding hydrogens is 272 g/mol. The van der Waals surface area contributed by atoms with Crippen molar-refractivity contribution >= 4 is 21.8 Å². The maximum Gasteiger partial charge on any atom is 0.269 e. The van der Waals surface area contributed by atoms with Crippen LogP contribution in [0.5, 0.6) is 0 Å². The number of H-pyrrole nitrogens is 1. The first-order valence-corrected chi connectivity index (χ1v) is 7.34. The van der Waals surface area contributed by atoms with Gasteiger partial charge in [-0.15, -0.1) is 0 Å². The number of hydrogen-bond acceptors (Lipinski definition) is 5. The second-order valence-corrected chi connectivity index (χ2v) is 5.05. The van der Waals surface area contributed by atoms with Gasteiger partial charge in [0.15, 0.2) is 0 Å². The number of amides is 2. The first-order chi connectivity index (χ1) is 8.91. The average Bonchev–Trinajstić information content (AvgIpc) is 2.83. The summed E-state index contributed by atoms with van der Waals surface area (Å²) >= 11 is 0. The second-order valence-electron chi connectivity index (χ2n) is 3.20. The second kappa shape index (κ2) is 8.25. The van der Waals surface area contributed by atoms with Gasteiger partial charge in [-0.05, 0) is 6.07 Å². The third-order valence-corrected chi connectivity index (χ3v) is 3.04. The van der Waals surface area contributed by atoms with Crippen molar-refractivity contribution in [2.75, 3.05) is 12.3 Å². The Labute approximate surface area is 116 Å². The Hall–Kier alpha value is -1.90. The molecule has 1 aromatic heterocycles. The zero-order valence-electron chi connectivity index (χ0n) is 11.1. The molecule has 0 saturated heterocycles. The zero-order valence-corrected chi connectivity index (χ0v) is 11.9. The summed E-state index contributed by atoms with van der Waals surface area (Å²) in [6.07, 6.45) is 1.41. The maximum atomic E-state index is 11.3. The molecule has 1 aromatic rings. The quantitative estimate of drug-likeness (QED) is 0.724. The van der Waals surface area contributed by atoms with E-state index in [-0.39, 0.29) is 22.3 Å². The Balaban J connectivity index is -0.000000310. The summed E-state index contributed by atoms with van der Waals surface area (Å²) < 4.78 is 24.2. The van der Waals surface area contributed by atoms with Crippen LogP contribution in [0, 0.1) is 0 Å². The van der Waals surface area contributed by atoms with Gasteiger partial charge in [0.1, 0.15) is 5.69 Å². The summed E-state index contributed by atoms with van der Waals surface area (Å²) in [6.45, 7) is 5.00. The maximum absolute atomic E-state index is 11.3. The molecule has 0 fully saturated rings. The smallest absolute Gasteiger partial charge is 0.269 e. The number of rotatable bonds is 5. The van der Waals surface area contributed by atoms with E-state index in [2.05, 4.69) is 15.5 Å². The van der Waals surface area contributed by atoms with Crippen LogP contribution in [0.3, 0.4) is 0 Å². The number of aromatic nitrogens is 2. The highest BCUT2D eigenvalue weighted by molar-refractivity contribution is 7.90. The van der Waals surface area contributed by atoms with Crippen molar-refractivity contribution in [1.82, 2.24) is 20.2 Å². The normalized spacial score (nSPS) is 10.1. The highest BCUT2D eigenvalue weighted by atomic mass is 32.2. The topological polar surface area (TPSA) is 121 Å². The largest absolute Gasteiger partial charge is 0.350 e. The standard InChI is InChI=1S/C8H12N4O4S.C2H6.3H2/c1-6(13)12-17(15,16)5-4-9-8(14)7-2-3-10-11-7;1-2;;;/h2-3H,4-5H2,1H3,(H,9,14)(H,10,11)(H,12,13);1-2H3;3*1H. The van der Waals surface area contributed by atoms with Crippen molar-refractivity contribution < 1.29 is 22.3 Å². The third kappa shape index (κ3) is 7.19. The van der Waals surface area contributed by atoms with E-state index in [1.54, 1.807) is 4.72 Å². The van der Waals surface area contributed by atoms with Crippen molar-refractivity contribution in [3.05, 3.63) is 18.0 Å². The highest BCUT2D eigenvalue weighted by Gasteiger charge is 2.13. The molecule has 0 aromatic carbocycles. The van der Waals surface area contributed by atoms with E-state index in [4.69, 9.17) is 0 Å². The van der Waals surface area contributed by atoms with Crippen LogP contribution in [0.4, 0.5) is 0 Å². The number of sulfonamides is 1. The van der Waals surface area contributed by atoms with Gasteiger partial charge in [0, 0.05) is 23.9 Å². The molecule has 0 atom stereocenters. The van der Waals surface area contributed by atoms with Crippen molar-refractivity contribution in [1.29, 1.82) is 0 Å². The van der Waals surface area contributed by atoms with Gasteiger partial charge < -0.3 is 5.32 Å². The Morgan fingerprint density at radius 2 is 2.05 bits per heavy atom.